The molecule has 1 heterocycles. The van der Waals surface area contributed by atoms with E-state index >= 15 is 0 Å². The van der Waals surface area contributed by atoms with E-state index in [9.17, 15) is 8.42 Å². The van der Waals surface area contributed by atoms with E-state index in [-0.39, 0.29) is 6.04 Å². The Morgan fingerprint density at radius 2 is 1.77 bits per heavy atom. The number of hydrogen-bond acceptors (Lipinski definition) is 4. The second kappa shape index (κ2) is 9.31. The lowest BCUT2D eigenvalue weighted by Gasteiger charge is -2.41. The summed E-state index contributed by atoms with van der Waals surface area (Å²) in [6, 6.07) is 7.40. The number of nitrogens with zero attached hydrogens (tertiary/aromatic N) is 2. The number of sulfonamides is 1. The summed E-state index contributed by atoms with van der Waals surface area (Å²) in [6.45, 7) is 12.1. The predicted octanol–water partition coefficient (Wildman–Crippen LogP) is 3.18. The summed E-state index contributed by atoms with van der Waals surface area (Å²) >= 11 is 0. The third-order valence-corrected chi connectivity index (χ3v) is 6.99. The summed E-state index contributed by atoms with van der Waals surface area (Å²) in [7, 11) is -1.77. The van der Waals surface area contributed by atoms with E-state index in [0.29, 0.717) is 29.9 Å². The molecule has 1 aliphatic heterocycles. The monoisotopic (exact) mass is 382 g/mol. The highest BCUT2D eigenvalue weighted by Crippen LogP contribution is 2.26. The molecule has 1 atom stereocenters. The molecule has 5 nitrogen and oxygen atoms in total. The van der Waals surface area contributed by atoms with Crippen LogP contribution in [0.2, 0.25) is 0 Å². The molecule has 26 heavy (non-hydrogen) atoms. The fourth-order valence-electron chi connectivity index (χ4n) is 3.54. The lowest BCUT2D eigenvalue weighted by Crippen LogP contribution is -2.55. The van der Waals surface area contributed by atoms with Crippen LogP contribution in [0, 0.1) is 5.92 Å². The van der Waals surface area contributed by atoms with Crippen LogP contribution in [-0.4, -0.2) is 63.6 Å². The first-order valence-corrected chi connectivity index (χ1v) is 11.0. The van der Waals surface area contributed by atoms with Crippen LogP contribution in [0.3, 0.4) is 0 Å². The molecule has 148 valence electrons. The molecule has 0 aliphatic carbocycles. The van der Waals surface area contributed by atoms with Crippen LogP contribution in [-0.2, 0) is 14.8 Å². The first-order chi connectivity index (χ1) is 12.3. The molecule has 0 radical (unpaired) electrons. The zero-order chi connectivity index (χ0) is 19.3. The molecular weight excluding hydrogens is 348 g/mol. The van der Waals surface area contributed by atoms with Gasteiger partial charge in [0, 0.05) is 39.3 Å². The van der Waals surface area contributed by atoms with Gasteiger partial charge in [-0.05, 0) is 36.0 Å². The van der Waals surface area contributed by atoms with Gasteiger partial charge in [0.25, 0.3) is 0 Å². The van der Waals surface area contributed by atoms with Gasteiger partial charge in [-0.1, -0.05) is 39.8 Å². The SMILES string of the molecule is COCCN1CCN(S(=O)(=O)c2ccc(C(C)C)cc2)C(CC(C)C)C1. The number of methoxy groups -OCH3 is 1. The van der Waals surface area contributed by atoms with Crippen LogP contribution < -0.4 is 0 Å². The summed E-state index contributed by atoms with van der Waals surface area (Å²) in [5.74, 6) is 0.841. The Hall–Kier alpha value is -0.950. The third kappa shape index (κ3) is 5.28. The van der Waals surface area contributed by atoms with Crippen LogP contribution in [0.1, 0.15) is 45.6 Å². The molecule has 1 aromatic carbocycles. The minimum atomic E-state index is -3.47. The summed E-state index contributed by atoms with van der Waals surface area (Å²) in [5, 5.41) is 0. The van der Waals surface area contributed by atoms with Gasteiger partial charge in [-0.15, -0.1) is 0 Å². The molecule has 6 heteroatoms. The molecule has 0 bridgehead atoms. The van der Waals surface area contributed by atoms with Crippen LogP contribution in [0.25, 0.3) is 0 Å². The van der Waals surface area contributed by atoms with Gasteiger partial charge in [0.05, 0.1) is 11.5 Å². The number of piperazine rings is 1. The lowest BCUT2D eigenvalue weighted by atomic mass is 10.0. The van der Waals surface area contributed by atoms with Crippen molar-refractivity contribution in [2.45, 2.75) is 51.0 Å². The Kier molecular flexibility index (Phi) is 7.64. The van der Waals surface area contributed by atoms with Crippen molar-refractivity contribution in [3.05, 3.63) is 29.8 Å². The summed E-state index contributed by atoms with van der Waals surface area (Å²) in [6.07, 6.45) is 0.868. The number of ether oxygens (including phenoxy) is 1. The quantitative estimate of drug-likeness (QED) is 0.693. The van der Waals surface area contributed by atoms with E-state index in [0.717, 1.165) is 31.6 Å². The molecule has 1 aromatic rings. The Balaban J connectivity index is 2.21. The molecule has 1 unspecified atom stereocenters. The zero-order valence-corrected chi connectivity index (χ0v) is 17.6. The van der Waals surface area contributed by atoms with Gasteiger partial charge < -0.3 is 4.74 Å². The second-order valence-electron chi connectivity index (χ2n) is 7.92. The molecule has 0 amide bonds. The molecule has 0 spiro atoms. The lowest BCUT2D eigenvalue weighted by molar-refractivity contribution is 0.0891. The minimum Gasteiger partial charge on any atom is -0.383 e. The van der Waals surface area contributed by atoms with Crippen LogP contribution >= 0.6 is 0 Å². The molecule has 1 fully saturated rings. The van der Waals surface area contributed by atoms with Crippen LogP contribution in [0.4, 0.5) is 0 Å². The van der Waals surface area contributed by atoms with E-state index < -0.39 is 10.0 Å². The first kappa shape index (κ1) is 21.4. The van der Waals surface area contributed by atoms with Crippen molar-refractivity contribution < 1.29 is 13.2 Å². The van der Waals surface area contributed by atoms with Gasteiger partial charge >= 0.3 is 0 Å². The second-order valence-corrected chi connectivity index (χ2v) is 9.81. The van der Waals surface area contributed by atoms with Crippen LogP contribution in [0.5, 0.6) is 0 Å². The third-order valence-electron chi connectivity index (χ3n) is 5.02. The molecule has 0 aromatic heterocycles. The van der Waals surface area contributed by atoms with Gasteiger partial charge in [-0.25, -0.2) is 8.42 Å². The van der Waals surface area contributed by atoms with E-state index in [1.807, 2.05) is 12.1 Å². The smallest absolute Gasteiger partial charge is 0.243 e. The van der Waals surface area contributed by atoms with Crippen molar-refractivity contribution in [1.29, 1.82) is 0 Å². The van der Waals surface area contributed by atoms with Crippen molar-refractivity contribution in [3.8, 4) is 0 Å². The molecule has 1 saturated heterocycles. The van der Waals surface area contributed by atoms with Gasteiger partial charge in [0.15, 0.2) is 0 Å². The molecule has 0 N–H and O–H groups in total. The Bertz CT molecular complexity index is 656. The molecule has 0 saturated carbocycles. The van der Waals surface area contributed by atoms with Crippen LogP contribution in [0.15, 0.2) is 29.2 Å². The van der Waals surface area contributed by atoms with Crippen molar-refractivity contribution >= 4 is 10.0 Å². The maximum Gasteiger partial charge on any atom is 0.243 e. The zero-order valence-electron chi connectivity index (χ0n) is 16.8. The highest BCUT2D eigenvalue weighted by atomic mass is 32.2. The van der Waals surface area contributed by atoms with Gasteiger partial charge in [0.2, 0.25) is 10.0 Å². The molecular formula is C20H34N2O3S. The number of hydrogen-bond donors (Lipinski definition) is 0. The highest BCUT2D eigenvalue weighted by Gasteiger charge is 2.36. The van der Waals surface area contributed by atoms with E-state index in [1.54, 1.807) is 23.5 Å². The Labute approximate surface area is 159 Å². The summed E-state index contributed by atoms with van der Waals surface area (Å²) in [5.41, 5.74) is 1.16. The van der Waals surface area contributed by atoms with Gasteiger partial charge in [0.1, 0.15) is 0 Å². The van der Waals surface area contributed by atoms with Gasteiger partial charge in [-0.3, -0.25) is 4.90 Å². The summed E-state index contributed by atoms with van der Waals surface area (Å²) in [4.78, 5) is 2.71. The first-order valence-electron chi connectivity index (χ1n) is 9.58. The largest absolute Gasteiger partial charge is 0.383 e. The van der Waals surface area contributed by atoms with Crippen molar-refractivity contribution in [1.82, 2.24) is 9.21 Å². The maximum absolute atomic E-state index is 13.3. The normalized spacial score (nSPS) is 20.2. The van der Waals surface area contributed by atoms with E-state index in [4.69, 9.17) is 4.74 Å². The van der Waals surface area contributed by atoms with Crippen molar-refractivity contribution in [3.63, 3.8) is 0 Å². The van der Waals surface area contributed by atoms with Crippen molar-refractivity contribution in [2.24, 2.45) is 5.92 Å². The van der Waals surface area contributed by atoms with E-state index in [2.05, 4.69) is 32.6 Å². The molecule has 2 rings (SSSR count). The average Bonchev–Trinajstić information content (AvgIpc) is 2.59. The van der Waals surface area contributed by atoms with E-state index in [1.165, 1.54) is 0 Å². The fourth-order valence-corrected chi connectivity index (χ4v) is 5.16. The standard InChI is InChI=1S/C20H34N2O3S/c1-16(2)14-19-15-21(12-13-25-5)10-11-22(19)26(23,24)20-8-6-18(7-9-20)17(3)4/h6-9,16-17,19H,10-15H2,1-5H3. The molecule has 1 aliphatic rings. The summed E-state index contributed by atoms with van der Waals surface area (Å²) < 4.78 is 33.4. The fraction of sp³-hybridized carbons (Fsp3) is 0.700. The maximum atomic E-state index is 13.3. The minimum absolute atomic E-state index is 0.00961. The topological polar surface area (TPSA) is 49.9 Å². The Morgan fingerprint density at radius 1 is 1.12 bits per heavy atom. The average molecular weight is 383 g/mol. The van der Waals surface area contributed by atoms with Crippen molar-refractivity contribution in [2.75, 3.05) is 39.9 Å². The Morgan fingerprint density at radius 3 is 2.31 bits per heavy atom. The van der Waals surface area contributed by atoms with Gasteiger partial charge in [-0.2, -0.15) is 4.31 Å². The highest BCUT2D eigenvalue weighted by molar-refractivity contribution is 7.89. The number of rotatable bonds is 8. The number of benzene rings is 1. The predicted molar refractivity (Wildman–Crippen MR) is 106 cm³/mol.